The lowest BCUT2D eigenvalue weighted by Gasteiger charge is -2.39. The second-order valence-corrected chi connectivity index (χ2v) is 12.4. The Bertz CT molecular complexity index is 1260. The number of phenols is 1. The summed E-state index contributed by atoms with van der Waals surface area (Å²) in [6.45, 7) is 2.29. The van der Waals surface area contributed by atoms with Crippen molar-refractivity contribution in [2.24, 2.45) is 23.2 Å². The van der Waals surface area contributed by atoms with E-state index in [1.165, 1.54) is 45.6 Å². The van der Waals surface area contributed by atoms with Crippen LogP contribution in [0.4, 0.5) is 0 Å². The third kappa shape index (κ3) is 5.99. The Morgan fingerprint density at radius 3 is 2.50 bits per heavy atom. The maximum atomic E-state index is 13.9. The van der Waals surface area contributed by atoms with Crippen molar-refractivity contribution in [2.45, 2.75) is 96.3 Å². The Morgan fingerprint density at radius 2 is 1.77 bits per heavy atom. The Labute approximate surface area is 239 Å². The van der Waals surface area contributed by atoms with Crippen LogP contribution in [0.2, 0.25) is 0 Å². The van der Waals surface area contributed by atoms with Crippen molar-refractivity contribution >= 4 is 11.6 Å². The van der Waals surface area contributed by atoms with Crippen molar-refractivity contribution in [3.63, 3.8) is 0 Å². The van der Waals surface area contributed by atoms with Gasteiger partial charge in [0.2, 0.25) is 0 Å². The number of aryl methyl sites for hydroxylation is 1. The van der Waals surface area contributed by atoms with Crippen molar-refractivity contribution in [3.05, 3.63) is 59.2 Å². The van der Waals surface area contributed by atoms with Crippen LogP contribution in [-0.4, -0.2) is 23.8 Å². The van der Waals surface area contributed by atoms with E-state index in [2.05, 4.69) is 30.9 Å². The number of fused-ring (bicyclic) bond motifs is 2. The molecule has 0 radical (unpaired) electrons. The Hall–Kier alpha value is -3.06. The molecule has 2 aromatic carbocycles. The quantitative estimate of drug-likeness (QED) is 0.310. The molecule has 4 atom stereocenters. The van der Waals surface area contributed by atoms with E-state index in [-0.39, 0.29) is 41.5 Å². The molecule has 3 aliphatic carbocycles. The van der Waals surface area contributed by atoms with E-state index < -0.39 is 0 Å². The minimum atomic E-state index is -0.265. The Balaban J connectivity index is 1.58. The minimum Gasteiger partial charge on any atom is -0.504 e. The van der Waals surface area contributed by atoms with Crippen LogP contribution in [0.1, 0.15) is 107 Å². The van der Waals surface area contributed by atoms with Crippen LogP contribution < -0.4 is 4.74 Å². The summed E-state index contributed by atoms with van der Waals surface area (Å²) in [5.74, 6) is 7.83. The molecule has 3 aliphatic rings. The SMILES string of the molecule is CCCC1(C2CCCC3C#CC(c4ccccc4)c4cc(O)c(OC)cc4CCC(=O)CC(=O)C3C2)CCCC1. The minimum absolute atomic E-state index is 0.00299. The Morgan fingerprint density at radius 1 is 1.00 bits per heavy atom. The third-order valence-electron chi connectivity index (χ3n) is 10.1. The molecule has 5 rings (SSSR count). The van der Waals surface area contributed by atoms with E-state index in [1.54, 1.807) is 6.07 Å². The molecule has 1 N–H and O–H groups in total. The fraction of sp³-hybridized carbons (Fsp3) is 0.556. The average molecular weight is 541 g/mol. The molecule has 2 saturated carbocycles. The molecule has 212 valence electrons. The molecular weight excluding hydrogens is 496 g/mol. The van der Waals surface area contributed by atoms with Crippen LogP contribution in [0.15, 0.2) is 42.5 Å². The van der Waals surface area contributed by atoms with Gasteiger partial charge in [-0.15, -0.1) is 0 Å². The topological polar surface area (TPSA) is 63.6 Å². The van der Waals surface area contributed by atoms with E-state index in [0.29, 0.717) is 29.9 Å². The van der Waals surface area contributed by atoms with E-state index in [9.17, 15) is 14.7 Å². The highest BCUT2D eigenvalue weighted by Crippen LogP contribution is 2.53. The Kier molecular flexibility index (Phi) is 8.99. The van der Waals surface area contributed by atoms with Gasteiger partial charge in [-0.05, 0) is 85.1 Å². The highest BCUT2D eigenvalue weighted by Gasteiger charge is 2.44. The normalized spacial score (nSPS) is 26.8. The smallest absolute Gasteiger partial charge is 0.160 e. The van der Waals surface area contributed by atoms with Gasteiger partial charge in [0.25, 0.3) is 0 Å². The van der Waals surface area contributed by atoms with Crippen LogP contribution in [0.3, 0.4) is 0 Å². The molecule has 4 unspecified atom stereocenters. The van der Waals surface area contributed by atoms with Gasteiger partial charge in [-0.1, -0.05) is 74.8 Å². The molecule has 0 spiro atoms. The van der Waals surface area contributed by atoms with Crippen molar-refractivity contribution in [3.8, 4) is 23.3 Å². The van der Waals surface area contributed by atoms with E-state index in [4.69, 9.17) is 4.74 Å². The largest absolute Gasteiger partial charge is 0.504 e. The predicted molar refractivity (Wildman–Crippen MR) is 158 cm³/mol. The standard InChI is InChI=1S/C36H44O4/c1-3-18-36(19-7-8-20-36)28-13-9-12-26-15-17-30(25-10-5-4-6-11-25)31-24-34(39)35(40-2)21-27(31)14-16-29(37)23-33(38)32(26)22-28/h4-6,10-11,21,24,26,28,30,32,39H,3,7-9,12-14,16,18-20,22-23H2,1-2H3. The number of carbonyl (C=O) groups excluding carboxylic acids is 2. The lowest BCUT2D eigenvalue weighted by Crippen LogP contribution is -2.32. The first-order valence-electron chi connectivity index (χ1n) is 15.4. The first-order valence-corrected chi connectivity index (χ1v) is 15.4. The fourth-order valence-electron chi connectivity index (χ4n) is 8.04. The number of aromatic hydroxyl groups is 1. The number of Topliss-reactive ketones (excluding diaryl/α,β-unsaturated/α-hetero) is 2. The van der Waals surface area contributed by atoms with Crippen LogP contribution in [0, 0.1) is 35.0 Å². The maximum absolute atomic E-state index is 13.9. The van der Waals surface area contributed by atoms with E-state index in [1.807, 2.05) is 24.3 Å². The van der Waals surface area contributed by atoms with Gasteiger partial charge in [0.05, 0.1) is 19.4 Å². The number of ether oxygens (including phenoxy) is 1. The number of ketones is 2. The number of carbonyl (C=O) groups is 2. The summed E-state index contributed by atoms with van der Waals surface area (Å²) in [4.78, 5) is 27.1. The number of methoxy groups -OCH3 is 1. The molecule has 0 bridgehead atoms. The lowest BCUT2D eigenvalue weighted by molar-refractivity contribution is -0.130. The van der Waals surface area contributed by atoms with Crippen molar-refractivity contribution in [1.82, 2.24) is 0 Å². The summed E-state index contributed by atoms with van der Waals surface area (Å²) < 4.78 is 5.41. The number of hydrogen-bond donors (Lipinski definition) is 1. The third-order valence-corrected chi connectivity index (χ3v) is 10.1. The predicted octanol–water partition coefficient (Wildman–Crippen LogP) is 7.79. The van der Waals surface area contributed by atoms with Gasteiger partial charge in [0.15, 0.2) is 11.5 Å². The molecule has 0 saturated heterocycles. The summed E-state index contributed by atoms with van der Waals surface area (Å²) in [6, 6.07) is 13.7. The summed E-state index contributed by atoms with van der Waals surface area (Å²) in [5, 5.41) is 10.7. The van der Waals surface area contributed by atoms with Crippen molar-refractivity contribution in [2.75, 3.05) is 7.11 Å². The molecule has 40 heavy (non-hydrogen) atoms. The van der Waals surface area contributed by atoms with Crippen LogP contribution in [-0.2, 0) is 16.0 Å². The van der Waals surface area contributed by atoms with E-state index in [0.717, 1.165) is 42.4 Å². The summed E-state index contributed by atoms with van der Waals surface area (Å²) in [7, 11) is 1.53. The average Bonchev–Trinajstić information content (AvgIpc) is 3.32. The molecule has 4 heteroatoms. The zero-order valence-electron chi connectivity index (χ0n) is 24.2. The molecule has 0 aromatic heterocycles. The van der Waals surface area contributed by atoms with Crippen molar-refractivity contribution < 1.29 is 19.4 Å². The number of hydrogen-bond acceptors (Lipinski definition) is 4. The van der Waals surface area contributed by atoms with Gasteiger partial charge in [0, 0.05) is 18.3 Å². The zero-order chi connectivity index (χ0) is 28.1. The molecular formula is C36H44O4. The van der Waals surface area contributed by atoms with Gasteiger partial charge < -0.3 is 9.84 Å². The van der Waals surface area contributed by atoms with Crippen LogP contribution >= 0.6 is 0 Å². The van der Waals surface area contributed by atoms with Gasteiger partial charge in [-0.2, -0.15) is 0 Å². The second-order valence-electron chi connectivity index (χ2n) is 12.4. The number of rotatable bonds is 5. The molecule has 2 aromatic rings. The molecule has 4 nitrogen and oxygen atoms in total. The van der Waals surface area contributed by atoms with Gasteiger partial charge >= 0.3 is 0 Å². The summed E-state index contributed by atoms with van der Waals surface area (Å²) in [5.41, 5.74) is 3.24. The lowest BCUT2D eigenvalue weighted by atomic mass is 9.66. The first-order chi connectivity index (χ1) is 19.4. The van der Waals surface area contributed by atoms with E-state index >= 15 is 0 Å². The number of benzene rings is 2. The van der Waals surface area contributed by atoms with Gasteiger partial charge in [-0.3, -0.25) is 9.59 Å². The molecule has 0 heterocycles. The zero-order valence-corrected chi connectivity index (χ0v) is 24.2. The highest BCUT2D eigenvalue weighted by molar-refractivity contribution is 6.00. The van der Waals surface area contributed by atoms with Crippen LogP contribution in [0.25, 0.3) is 0 Å². The monoisotopic (exact) mass is 540 g/mol. The number of phenolic OH excluding ortho intramolecular Hbond substituents is 1. The summed E-state index contributed by atoms with van der Waals surface area (Å²) >= 11 is 0. The maximum Gasteiger partial charge on any atom is 0.160 e. The highest BCUT2D eigenvalue weighted by atomic mass is 16.5. The molecule has 0 amide bonds. The fourth-order valence-corrected chi connectivity index (χ4v) is 8.04. The molecule has 0 aliphatic heterocycles. The second kappa shape index (κ2) is 12.6. The first kappa shape index (κ1) is 28.5. The van der Waals surface area contributed by atoms with Crippen LogP contribution in [0.5, 0.6) is 11.5 Å². The summed E-state index contributed by atoms with van der Waals surface area (Å²) in [6.07, 6.45) is 12.4. The van der Waals surface area contributed by atoms with Gasteiger partial charge in [0.1, 0.15) is 11.6 Å². The van der Waals surface area contributed by atoms with Crippen molar-refractivity contribution in [1.29, 1.82) is 0 Å². The van der Waals surface area contributed by atoms with Gasteiger partial charge in [-0.25, -0.2) is 0 Å². The molecule has 2 fully saturated rings.